The molecule has 0 saturated heterocycles. The number of ether oxygens (including phenoxy) is 1. The van der Waals surface area contributed by atoms with Gasteiger partial charge in [-0.25, -0.2) is 20.6 Å². The lowest BCUT2D eigenvalue weighted by molar-refractivity contribution is -0.129. The molecule has 160 valence electrons. The standard InChI is InChI=1S/C23H20N6O3/c24-29(22(30)15-6-7-15)23(31)28-13-12-19-20(25-14-26-21(19)28)27-16-8-10-18(11-9-16)32-17-4-2-1-3-5-17/h1-5,8-15H,6-7,24H2,(H,25,26,27). The third-order valence-corrected chi connectivity index (χ3v) is 5.15. The smallest absolute Gasteiger partial charge is 0.351 e. The molecule has 2 aromatic carbocycles. The summed E-state index contributed by atoms with van der Waals surface area (Å²) < 4.78 is 7.06. The highest BCUT2D eigenvalue weighted by atomic mass is 16.5. The second-order valence-corrected chi connectivity index (χ2v) is 7.47. The number of anilines is 2. The maximum Gasteiger partial charge on any atom is 0.351 e. The number of imide groups is 1. The van der Waals surface area contributed by atoms with Crippen molar-refractivity contribution < 1.29 is 14.3 Å². The van der Waals surface area contributed by atoms with Crippen molar-refractivity contribution in [3.8, 4) is 11.5 Å². The van der Waals surface area contributed by atoms with Gasteiger partial charge in [-0.2, -0.15) is 5.01 Å². The molecule has 9 heteroatoms. The Morgan fingerprint density at radius 1 is 1.00 bits per heavy atom. The number of amides is 2. The molecule has 0 aliphatic heterocycles. The summed E-state index contributed by atoms with van der Waals surface area (Å²) >= 11 is 0. The van der Waals surface area contributed by atoms with Gasteiger partial charge in [-0.05, 0) is 55.3 Å². The molecule has 1 aliphatic carbocycles. The van der Waals surface area contributed by atoms with Crippen LogP contribution in [0.3, 0.4) is 0 Å². The van der Waals surface area contributed by atoms with Crippen molar-refractivity contribution in [2.75, 3.05) is 5.32 Å². The van der Waals surface area contributed by atoms with Gasteiger partial charge in [0.15, 0.2) is 5.65 Å². The highest BCUT2D eigenvalue weighted by molar-refractivity contribution is 6.01. The van der Waals surface area contributed by atoms with E-state index in [1.807, 2.05) is 54.6 Å². The molecule has 5 rings (SSSR count). The lowest BCUT2D eigenvalue weighted by Gasteiger charge is -2.15. The number of nitrogens with zero attached hydrogens (tertiary/aromatic N) is 4. The van der Waals surface area contributed by atoms with Gasteiger partial charge in [0.25, 0.3) is 0 Å². The zero-order chi connectivity index (χ0) is 22.1. The van der Waals surface area contributed by atoms with Crippen LogP contribution in [0.4, 0.5) is 16.3 Å². The number of para-hydroxylation sites is 1. The monoisotopic (exact) mass is 428 g/mol. The summed E-state index contributed by atoms with van der Waals surface area (Å²) in [6.07, 6.45) is 4.41. The van der Waals surface area contributed by atoms with Crippen molar-refractivity contribution >= 4 is 34.5 Å². The van der Waals surface area contributed by atoms with Gasteiger partial charge in [-0.1, -0.05) is 18.2 Å². The van der Waals surface area contributed by atoms with Crippen molar-refractivity contribution in [3.63, 3.8) is 0 Å². The van der Waals surface area contributed by atoms with Crippen LogP contribution in [0.15, 0.2) is 73.2 Å². The molecule has 1 saturated carbocycles. The first kappa shape index (κ1) is 19.7. The summed E-state index contributed by atoms with van der Waals surface area (Å²) in [5.41, 5.74) is 1.14. The van der Waals surface area contributed by atoms with Crippen molar-refractivity contribution in [1.29, 1.82) is 0 Å². The fourth-order valence-electron chi connectivity index (χ4n) is 3.31. The minimum atomic E-state index is -0.649. The van der Waals surface area contributed by atoms with E-state index in [0.29, 0.717) is 27.6 Å². The van der Waals surface area contributed by atoms with Gasteiger partial charge >= 0.3 is 6.03 Å². The van der Waals surface area contributed by atoms with Crippen LogP contribution < -0.4 is 15.9 Å². The Balaban J connectivity index is 1.35. The van der Waals surface area contributed by atoms with E-state index in [-0.39, 0.29) is 11.8 Å². The van der Waals surface area contributed by atoms with Gasteiger partial charge in [0.1, 0.15) is 23.6 Å². The number of hydrogen-bond donors (Lipinski definition) is 2. The molecule has 9 nitrogen and oxygen atoms in total. The topological polar surface area (TPSA) is 115 Å². The molecule has 2 aromatic heterocycles. The van der Waals surface area contributed by atoms with Crippen molar-refractivity contribution in [1.82, 2.24) is 19.5 Å². The maximum atomic E-state index is 12.7. The fraction of sp³-hybridized carbons (Fsp3) is 0.130. The van der Waals surface area contributed by atoms with Crippen LogP contribution in [0.1, 0.15) is 12.8 Å². The lowest BCUT2D eigenvalue weighted by atomic mass is 10.3. The van der Waals surface area contributed by atoms with Crippen LogP contribution in [0.5, 0.6) is 11.5 Å². The molecule has 0 radical (unpaired) electrons. The fourth-order valence-corrected chi connectivity index (χ4v) is 3.31. The summed E-state index contributed by atoms with van der Waals surface area (Å²) in [5.74, 6) is 7.21. The first-order valence-electron chi connectivity index (χ1n) is 10.2. The summed E-state index contributed by atoms with van der Waals surface area (Å²) in [7, 11) is 0. The summed E-state index contributed by atoms with van der Waals surface area (Å²) in [6.45, 7) is 0. The largest absolute Gasteiger partial charge is 0.457 e. The number of nitrogens with one attached hydrogen (secondary N) is 1. The number of aromatic nitrogens is 3. The minimum absolute atomic E-state index is 0.161. The van der Waals surface area contributed by atoms with E-state index in [4.69, 9.17) is 10.6 Å². The molecule has 0 spiro atoms. The van der Waals surface area contributed by atoms with Crippen LogP contribution >= 0.6 is 0 Å². The van der Waals surface area contributed by atoms with E-state index < -0.39 is 6.03 Å². The minimum Gasteiger partial charge on any atom is -0.457 e. The first-order valence-corrected chi connectivity index (χ1v) is 10.2. The Labute approximate surface area is 183 Å². The Morgan fingerprint density at radius 2 is 1.72 bits per heavy atom. The Kier molecular flexibility index (Phi) is 5.00. The van der Waals surface area contributed by atoms with Gasteiger partial charge in [-0.15, -0.1) is 0 Å². The quantitative estimate of drug-likeness (QED) is 0.280. The molecule has 3 N–H and O–H groups in total. The normalized spacial score (nSPS) is 13.0. The number of rotatable bonds is 5. The predicted octanol–water partition coefficient (Wildman–Crippen LogP) is 4.05. The molecule has 2 heterocycles. The second kappa shape index (κ2) is 8.12. The number of hydrazine groups is 1. The van der Waals surface area contributed by atoms with Crippen molar-refractivity contribution in [2.45, 2.75) is 12.8 Å². The van der Waals surface area contributed by atoms with E-state index in [0.717, 1.165) is 24.3 Å². The van der Waals surface area contributed by atoms with Gasteiger partial charge in [-0.3, -0.25) is 9.36 Å². The molecule has 0 unspecified atom stereocenters. The number of benzene rings is 2. The maximum absolute atomic E-state index is 12.7. The summed E-state index contributed by atoms with van der Waals surface area (Å²) in [6, 6.07) is 18.0. The average Bonchev–Trinajstić information content (AvgIpc) is 3.58. The van der Waals surface area contributed by atoms with E-state index in [1.54, 1.807) is 6.07 Å². The van der Waals surface area contributed by atoms with Crippen LogP contribution in [0.2, 0.25) is 0 Å². The van der Waals surface area contributed by atoms with E-state index in [2.05, 4.69) is 15.3 Å². The molecule has 0 atom stereocenters. The number of carbonyl (C=O) groups excluding carboxylic acids is 2. The molecule has 32 heavy (non-hydrogen) atoms. The molecule has 2 amide bonds. The van der Waals surface area contributed by atoms with Crippen molar-refractivity contribution in [2.24, 2.45) is 11.8 Å². The van der Waals surface area contributed by atoms with Crippen LogP contribution in [0, 0.1) is 5.92 Å². The predicted molar refractivity (Wildman–Crippen MR) is 118 cm³/mol. The Bertz CT molecular complexity index is 1280. The highest BCUT2D eigenvalue weighted by Crippen LogP contribution is 2.31. The van der Waals surface area contributed by atoms with Gasteiger partial charge in [0, 0.05) is 17.8 Å². The van der Waals surface area contributed by atoms with E-state index >= 15 is 0 Å². The van der Waals surface area contributed by atoms with Gasteiger partial charge in [0.05, 0.1) is 5.39 Å². The summed E-state index contributed by atoms with van der Waals surface area (Å²) in [5, 5.41) is 4.51. The van der Waals surface area contributed by atoms with E-state index in [9.17, 15) is 9.59 Å². The average molecular weight is 428 g/mol. The highest BCUT2D eigenvalue weighted by Gasteiger charge is 2.35. The molecule has 4 aromatic rings. The zero-order valence-electron chi connectivity index (χ0n) is 17.0. The van der Waals surface area contributed by atoms with Crippen LogP contribution in [0.25, 0.3) is 11.0 Å². The van der Waals surface area contributed by atoms with Gasteiger partial charge < -0.3 is 10.1 Å². The lowest BCUT2D eigenvalue weighted by Crippen LogP contribution is -2.45. The molecule has 1 fully saturated rings. The second-order valence-electron chi connectivity index (χ2n) is 7.47. The first-order chi connectivity index (χ1) is 15.6. The molecular formula is C23H20N6O3. The number of nitrogens with two attached hydrogens (primary N) is 1. The Hall–Kier alpha value is -4.24. The van der Waals surface area contributed by atoms with E-state index in [1.165, 1.54) is 17.1 Å². The molecule has 0 bridgehead atoms. The SMILES string of the molecule is NN(C(=O)C1CC1)C(=O)n1ccc2c(Nc3ccc(Oc4ccccc4)cc3)ncnc21. The number of fused-ring (bicyclic) bond motifs is 1. The molecule has 1 aliphatic rings. The number of hydrogen-bond acceptors (Lipinski definition) is 7. The third kappa shape index (κ3) is 3.88. The molecular weight excluding hydrogens is 408 g/mol. The van der Waals surface area contributed by atoms with Crippen molar-refractivity contribution in [3.05, 3.63) is 73.2 Å². The van der Waals surface area contributed by atoms with Gasteiger partial charge in [0.2, 0.25) is 5.91 Å². The van der Waals surface area contributed by atoms with Crippen LogP contribution in [-0.2, 0) is 4.79 Å². The van der Waals surface area contributed by atoms with Crippen LogP contribution in [-0.4, -0.2) is 31.5 Å². The zero-order valence-corrected chi connectivity index (χ0v) is 17.0. The number of carbonyl (C=O) groups is 2. The summed E-state index contributed by atoms with van der Waals surface area (Å²) in [4.78, 5) is 33.3. The Morgan fingerprint density at radius 3 is 2.44 bits per heavy atom. The third-order valence-electron chi connectivity index (χ3n) is 5.15.